The van der Waals surface area contributed by atoms with Gasteiger partial charge in [-0.05, 0) is 30.0 Å². The molecule has 2 N–H and O–H groups in total. The summed E-state index contributed by atoms with van der Waals surface area (Å²) < 4.78 is 6.22. The van der Waals surface area contributed by atoms with Gasteiger partial charge in [-0.25, -0.2) is 4.98 Å². The second kappa shape index (κ2) is 5.76. The molecule has 0 radical (unpaired) electrons. The zero-order chi connectivity index (χ0) is 16.7. The highest BCUT2D eigenvalue weighted by Gasteiger charge is 2.43. The number of nitrogens with zero attached hydrogens (tertiary/aromatic N) is 2. The van der Waals surface area contributed by atoms with Gasteiger partial charge in [0, 0.05) is 12.7 Å². The van der Waals surface area contributed by atoms with Gasteiger partial charge in [-0.15, -0.1) is 0 Å². The van der Waals surface area contributed by atoms with Gasteiger partial charge >= 0.3 is 0 Å². The largest absolute Gasteiger partial charge is 0.367 e. The SMILES string of the molecule is NC(=O)c1cnc(N2CCOC3(CCc4ccccc43)C2)c(Cl)c1. The van der Waals surface area contributed by atoms with Crippen LogP contribution in [0.3, 0.4) is 0 Å². The minimum Gasteiger partial charge on any atom is -0.367 e. The quantitative estimate of drug-likeness (QED) is 0.909. The van der Waals surface area contributed by atoms with E-state index in [-0.39, 0.29) is 5.60 Å². The standard InChI is InChI=1S/C18H18ClN3O2/c19-15-9-13(16(20)23)10-21-17(15)22-7-8-24-18(11-22)6-5-12-3-1-2-4-14(12)18/h1-4,9-10H,5-8,11H2,(H2,20,23). The predicted molar refractivity (Wildman–Crippen MR) is 92.4 cm³/mol. The first-order chi connectivity index (χ1) is 11.6. The van der Waals surface area contributed by atoms with Gasteiger partial charge in [-0.3, -0.25) is 4.79 Å². The molecule has 1 unspecified atom stereocenters. The highest BCUT2D eigenvalue weighted by atomic mass is 35.5. The molecule has 0 saturated carbocycles. The van der Waals surface area contributed by atoms with Crippen molar-refractivity contribution in [3.8, 4) is 0 Å². The Hall–Kier alpha value is -2.11. The number of halogens is 1. The van der Waals surface area contributed by atoms with Crippen molar-refractivity contribution in [1.29, 1.82) is 0 Å². The zero-order valence-electron chi connectivity index (χ0n) is 13.2. The number of pyridine rings is 1. The number of fused-ring (bicyclic) bond motifs is 2. The van der Waals surface area contributed by atoms with Crippen molar-refractivity contribution in [2.24, 2.45) is 5.73 Å². The summed E-state index contributed by atoms with van der Waals surface area (Å²) >= 11 is 6.35. The average molecular weight is 344 g/mol. The van der Waals surface area contributed by atoms with Crippen molar-refractivity contribution in [2.45, 2.75) is 18.4 Å². The van der Waals surface area contributed by atoms with Crippen LogP contribution in [-0.4, -0.2) is 30.6 Å². The first-order valence-corrected chi connectivity index (χ1v) is 8.39. The van der Waals surface area contributed by atoms with Crippen molar-refractivity contribution in [3.05, 3.63) is 58.2 Å². The van der Waals surface area contributed by atoms with Gasteiger partial charge in [-0.1, -0.05) is 35.9 Å². The normalized spacial score (nSPS) is 22.6. The Morgan fingerprint density at radius 1 is 1.38 bits per heavy atom. The maximum Gasteiger partial charge on any atom is 0.250 e. The van der Waals surface area contributed by atoms with Crippen molar-refractivity contribution in [3.63, 3.8) is 0 Å². The Morgan fingerprint density at radius 2 is 2.21 bits per heavy atom. The molecule has 0 bridgehead atoms. The second-order valence-electron chi connectivity index (χ2n) is 6.32. The number of morpholine rings is 1. The maximum atomic E-state index is 11.3. The van der Waals surface area contributed by atoms with Crippen molar-refractivity contribution < 1.29 is 9.53 Å². The molecule has 1 aromatic carbocycles. The molecule has 24 heavy (non-hydrogen) atoms. The lowest BCUT2D eigenvalue weighted by Gasteiger charge is -2.42. The van der Waals surface area contributed by atoms with Gasteiger partial charge in [0.1, 0.15) is 11.4 Å². The topological polar surface area (TPSA) is 68.5 Å². The summed E-state index contributed by atoms with van der Waals surface area (Å²) in [6.45, 7) is 2.03. The first-order valence-electron chi connectivity index (χ1n) is 8.02. The van der Waals surface area contributed by atoms with E-state index in [1.165, 1.54) is 17.3 Å². The molecule has 1 fully saturated rings. The third-order valence-electron chi connectivity index (χ3n) is 4.90. The molecule has 2 aromatic rings. The molecule has 4 rings (SSSR count). The number of benzene rings is 1. The number of amides is 1. The number of ether oxygens (including phenoxy) is 1. The Kier molecular flexibility index (Phi) is 3.70. The molecule has 1 aliphatic heterocycles. The van der Waals surface area contributed by atoms with E-state index in [9.17, 15) is 4.79 Å². The summed E-state index contributed by atoms with van der Waals surface area (Å²) in [5.74, 6) is 0.146. The lowest BCUT2D eigenvalue weighted by atomic mass is 9.93. The fourth-order valence-corrected chi connectivity index (χ4v) is 4.02. The molecule has 2 heterocycles. The van der Waals surface area contributed by atoms with Crippen molar-refractivity contribution in [1.82, 2.24) is 4.98 Å². The minimum absolute atomic E-state index is 0.303. The lowest BCUT2D eigenvalue weighted by molar-refractivity contribution is -0.0594. The van der Waals surface area contributed by atoms with Gasteiger partial charge in [0.05, 0.1) is 23.7 Å². The molecule has 6 heteroatoms. The van der Waals surface area contributed by atoms with Crippen molar-refractivity contribution >= 4 is 23.3 Å². The van der Waals surface area contributed by atoms with E-state index in [1.807, 2.05) is 0 Å². The minimum atomic E-state index is -0.529. The van der Waals surface area contributed by atoms with Crippen LogP contribution in [0.5, 0.6) is 0 Å². The fraction of sp³-hybridized carbons (Fsp3) is 0.333. The molecule has 1 amide bonds. The van der Waals surface area contributed by atoms with Crippen LogP contribution in [0.1, 0.15) is 27.9 Å². The summed E-state index contributed by atoms with van der Waals surface area (Å²) in [6, 6.07) is 10.0. The number of primary amides is 1. The number of aryl methyl sites for hydroxylation is 1. The number of hydrogen-bond acceptors (Lipinski definition) is 4. The molecule has 1 atom stereocenters. The number of nitrogens with two attached hydrogens (primary N) is 1. The first kappa shape index (κ1) is 15.4. The summed E-state index contributed by atoms with van der Waals surface area (Å²) in [6.07, 6.45) is 3.46. The van der Waals surface area contributed by atoms with Crippen molar-refractivity contribution in [2.75, 3.05) is 24.6 Å². The van der Waals surface area contributed by atoms with Crippen LogP contribution >= 0.6 is 11.6 Å². The number of hydrogen-bond donors (Lipinski definition) is 1. The number of anilines is 1. The molecule has 2 aliphatic rings. The summed E-state index contributed by atoms with van der Waals surface area (Å²) in [5.41, 5.74) is 7.91. The van der Waals surface area contributed by atoms with Crippen LogP contribution in [0.15, 0.2) is 36.5 Å². The smallest absolute Gasteiger partial charge is 0.250 e. The number of rotatable bonds is 2. The van der Waals surface area contributed by atoms with Gasteiger partial charge in [0.15, 0.2) is 0 Å². The average Bonchev–Trinajstić information content (AvgIpc) is 2.93. The monoisotopic (exact) mass is 343 g/mol. The molecular weight excluding hydrogens is 326 g/mol. The van der Waals surface area contributed by atoms with Gasteiger partial charge in [-0.2, -0.15) is 0 Å². The third-order valence-corrected chi connectivity index (χ3v) is 5.18. The van der Waals surface area contributed by atoms with E-state index in [4.69, 9.17) is 22.1 Å². The van der Waals surface area contributed by atoms with Crippen LogP contribution in [0.2, 0.25) is 5.02 Å². The van der Waals surface area contributed by atoms with Crippen LogP contribution < -0.4 is 10.6 Å². The summed E-state index contributed by atoms with van der Waals surface area (Å²) in [7, 11) is 0. The molecular formula is C18H18ClN3O2. The van der Waals surface area contributed by atoms with E-state index in [0.717, 1.165) is 12.8 Å². The zero-order valence-corrected chi connectivity index (χ0v) is 13.9. The molecule has 1 spiro atoms. The van der Waals surface area contributed by atoms with Gasteiger partial charge in [0.25, 0.3) is 0 Å². The maximum absolute atomic E-state index is 11.3. The highest BCUT2D eigenvalue weighted by Crippen LogP contribution is 2.43. The van der Waals surface area contributed by atoms with Gasteiger partial charge in [0.2, 0.25) is 5.91 Å². The van der Waals surface area contributed by atoms with Crippen LogP contribution in [0, 0.1) is 0 Å². The second-order valence-corrected chi connectivity index (χ2v) is 6.72. The fourth-order valence-electron chi connectivity index (χ4n) is 3.73. The van der Waals surface area contributed by atoms with E-state index >= 15 is 0 Å². The van der Waals surface area contributed by atoms with E-state index < -0.39 is 5.91 Å². The summed E-state index contributed by atoms with van der Waals surface area (Å²) in [4.78, 5) is 17.8. The number of carbonyl (C=O) groups is 1. The van der Waals surface area contributed by atoms with E-state index in [0.29, 0.717) is 36.1 Å². The number of carbonyl (C=O) groups excluding carboxylic acids is 1. The Balaban J connectivity index is 1.66. The van der Waals surface area contributed by atoms with Crippen LogP contribution in [0.25, 0.3) is 0 Å². The van der Waals surface area contributed by atoms with Gasteiger partial charge < -0.3 is 15.4 Å². The highest BCUT2D eigenvalue weighted by molar-refractivity contribution is 6.33. The van der Waals surface area contributed by atoms with Crippen LogP contribution in [0.4, 0.5) is 5.82 Å². The molecule has 1 aliphatic carbocycles. The third kappa shape index (κ3) is 2.44. The molecule has 5 nitrogen and oxygen atoms in total. The predicted octanol–water partition coefficient (Wildman–Crippen LogP) is 2.51. The Labute approximate surface area is 145 Å². The Bertz CT molecular complexity index is 807. The molecule has 1 saturated heterocycles. The van der Waals surface area contributed by atoms with E-state index in [1.54, 1.807) is 6.07 Å². The number of aromatic nitrogens is 1. The molecule has 124 valence electrons. The Morgan fingerprint density at radius 3 is 3.00 bits per heavy atom. The summed E-state index contributed by atoms with van der Waals surface area (Å²) in [5, 5.41) is 0.439. The van der Waals surface area contributed by atoms with E-state index in [2.05, 4.69) is 34.1 Å². The molecule has 1 aromatic heterocycles. The lowest BCUT2D eigenvalue weighted by Crippen LogP contribution is -2.49. The van der Waals surface area contributed by atoms with Crippen LogP contribution in [-0.2, 0) is 16.8 Å².